The van der Waals surface area contributed by atoms with Crippen LogP contribution in [0.25, 0.3) is 10.2 Å². The smallest absolute Gasteiger partial charge is 0.349 e. The van der Waals surface area contributed by atoms with Gasteiger partial charge in [-0.3, -0.25) is 5.32 Å². The zero-order valence-electron chi connectivity index (χ0n) is 9.68. The number of aryl methyl sites for hydroxylation is 2. The second kappa shape index (κ2) is 3.95. The summed E-state index contributed by atoms with van der Waals surface area (Å²) in [5.74, 6) is 0.385. The number of aromatic nitrogens is 2. The minimum Gasteiger partial charge on any atom is -0.388 e. The van der Waals surface area contributed by atoms with Gasteiger partial charge in [0.15, 0.2) is 0 Å². The Bertz CT molecular complexity index is 771. The van der Waals surface area contributed by atoms with E-state index in [4.69, 9.17) is 8.94 Å². The first-order chi connectivity index (χ1) is 8.61. The predicted molar refractivity (Wildman–Crippen MR) is 67.4 cm³/mol. The molecule has 0 saturated heterocycles. The zero-order valence-corrected chi connectivity index (χ0v) is 10.5. The first-order valence-corrected chi connectivity index (χ1v) is 6.05. The molecule has 0 saturated carbocycles. The third kappa shape index (κ3) is 1.88. The maximum atomic E-state index is 11.7. The molecule has 6 nitrogen and oxygen atoms in total. The molecule has 0 fully saturated rings. The van der Waals surface area contributed by atoms with Crippen LogP contribution < -0.4 is 10.9 Å². The Labute approximate surface area is 105 Å². The first-order valence-electron chi connectivity index (χ1n) is 5.23. The van der Waals surface area contributed by atoms with Crippen LogP contribution in [-0.4, -0.2) is 10.1 Å². The molecule has 0 bridgehead atoms. The lowest BCUT2D eigenvalue weighted by atomic mass is 10.4. The molecule has 3 heterocycles. The van der Waals surface area contributed by atoms with Crippen LogP contribution in [-0.2, 0) is 0 Å². The van der Waals surface area contributed by atoms with Crippen LogP contribution in [0.5, 0.6) is 0 Å². The van der Waals surface area contributed by atoms with Crippen molar-refractivity contribution in [1.82, 2.24) is 10.1 Å². The molecule has 3 aromatic rings. The van der Waals surface area contributed by atoms with Crippen LogP contribution in [0.4, 0.5) is 11.9 Å². The molecule has 0 aliphatic carbocycles. The highest BCUT2D eigenvalue weighted by Crippen LogP contribution is 2.23. The molecule has 0 atom stereocenters. The Kier molecular flexibility index (Phi) is 2.41. The van der Waals surface area contributed by atoms with Gasteiger partial charge in [-0.25, -0.2) is 4.79 Å². The van der Waals surface area contributed by atoms with Gasteiger partial charge in [-0.05, 0) is 19.9 Å². The van der Waals surface area contributed by atoms with Crippen molar-refractivity contribution >= 4 is 33.5 Å². The number of rotatable bonds is 2. The fourth-order valence-electron chi connectivity index (χ4n) is 1.57. The van der Waals surface area contributed by atoms with E-state index in [-0.39, 0.29) is 6.01 Å². The van der Waals surface area contributed by atoms with E-state index in [1.54, 1.807) is 19.1 Å². The second-order valence-electron chi connectivity index (χ2n) is 3.84. The normalized spacial score (nSPS) is 11.0. The van der Waals surface area contributed by atoms with E-state index in [9.17, 15) is 4.79 Å². The van der Waals surface area contributed by atoms with E-state index in [0.29, 0.717) is 16.1 Å². The van der Waals surface area contributed by atoms with Crippen molar-refractivity contribution in [2.45, 2.75) is 13.8 Å². The lowest BCUT2D eigenvalue weighted by Gasteiger charge is -1.97. The van der Waals surface area contributed by atoms with Crippen molar-refractivity contribution in [1.29, 1.82) is 0 Å². The summed E-state index contributed by atoms with van der Waals surface area (Å²) < 4.78 is 10.0. The van der Waals surface area contributed by atoms with Gasteiger partial charge in [-0.2, -0.15) is 4.98 Å². The highest BCUT2D eigenvalue weighted by Gasteiger charge is 2.10. The van der Waals surface area contributed by atoms with Crippen LogP contribution in [0.1, 0.15) is 10.6 Å². The SMILES string of the molecule is Cc1cc(Nc2nc3sc(C)cc3c(=O)o2)on1. The van der Waals surface area contributed by atoms with Gasteiger partial charge in [0.25, 0.3) is 0 Å². The Morgan fingerprint density at radius 1 is 1.33 bits per heavy atom. The van der Waals surface area contributed by atoms with Crippen molar-refractivity contribution in [3.8, 4) is 0 Å². The molecule has 3 rings (SSSR count). The molecule has 0 spiro atoms. The van der Waals surface area contributed by atoms with Gasteiger partial charge in [-0.1, -0.05) is 5.16 Å². The molecule has 18 heavy (non-hydrogen) atoms. The highest BCUT2D eigenvalue weighted by molar-refractivity contribution is 7.18. The summed E-state index contributed by atoms with van der Waals surface area (Å²) in [7, 11) is 0. The zero-order chi connectivity index (χ0) is 12.7. The van der Waals surface area contributed by atoms with Crippen molar-refractivity contribution < 1.29 is 8.94 Å². The summed E-state index contributed by atoms with van der Waals surface area (Å²) in [5.41, 5.74) is 0.316. The standard InChI is InChI=1S/C11H9N3O3S/c1-5-3-8(17-14-5)12-11-13-9-7(10(15)16-11)4-6(2)18-9/h3-4H,1-2H3,(H,12,13). The highest BCUT2D eigenvalue weighted by atomic mass is 32.1. The summed E-state index contributed by atoms with van der Waals surface area (Å²) in [6, 6.07) is 3.55. The van der Waals surface area contributed by atoms with E-state index in [1.807, 2.05) is 6.92 Å². The predicted octanol–water partition coefficient (Wildman–Crippen LogP) is 2.60. The molecular formula is C11H9N3O3S. The topological polar surface area (TPSA) is 81.2 Å². The summed E-state index contributed by atoms with van der Waals surface area (Å²) in [6.45, 7) is 3.71. The van der Waals surface area contributed by atoms with Gasteiger partial charge < -0.3 is 8.94 Å². The van der Waals surface area contributed by atoms with Gasteiger partial charge >= 0.3 is 11.6 Å². The first kappa shape index (κ1) is 11.0. The van der Waals surface area contributed by atoms with E-state index < -0.39 is 5.63 Å². The second-order valence-corrected chi connectivity index (χ2v) is 5.07. The van der Waals surface area contributed by atoms with Gasteiger partial charge in [0.1, 0.15) is 4.83 Å². The van der Waals surface area contributed by atoms with Crippen molar-refractivity contribution in [2.24, 2.45) is 0 Å². The molecule has 92 valence electrons. The largest absolute Gasteiger partial charge is 0.388 e. The molecule has 0 radical (unpaired) electrons. The van der Waals surface area contributed by atoms with Crippen LogP contribution in [0, 0.1) is 13.8 Å². The van der Waals surface area contributed by atoms with E-state index in [1.165, 1.54) is 11.3 Å². The van der Waals surface area contributed by atoms with Crippen molar-refractivity contribution in [3.63, 3.8) is 0 Å². The van der Waals surface area contributed by atoms with Crippen molar-refractivity contribution in [2.75, 3.05) is 5.32 Å². The number of anilines is 2. The molecule has 0 amide bonds. The summed E-state index contributed by atoms with van der Waals surface area (Å²) in [6.07, 6.45) is 0. The maximum Gasteiger partial charge on any atom is 0.349 e. The van der Waals surface area contributed by atoms with Crippen molar-refractivity contribution in [3.05, 3.63) is 33.1 Å². The third-order valence-corrected chi connectivity index (χ3v) is 3.25. The van der Waals surface area contributed by atoms with E-state index in [0.717, 1.165) is 10.6 Å². The number of thiophene rings is 1. The van der Waals surface area contributed by atoms with Gasteiger partial charge in [0.2, 0.25) is 5.88 Å². The van der Waals surface area contributed by atoms with Crippen LogP contribution in [0.2, 0.25) is 0 Å². The molecular weight excluding hydrogens is 254 g/mol. The molecule has 0 aliphatic rings. The van der Waals surface area contributed by atoms with Gasteiger partial charge in [0, 0.05) is 10.9 Å². The fraction of sp³-hybridized carbons (Fsp3) is 0.182. The summed E-state index contributed by atoms with van der Waals surface area (Å²) in [4.78, 5) is 17.6. The lowest BCUT2D eigenvalue weighted by Crippen LogP contribution is -2.02. The number of nitrogens with one attached hydrogen (secondary N) is 1. The Balaban J connectivity index is 2.04. The molecule has 0 aliphatic heterocycles. The minimum absolute atomic E-state index is 0.102. The van der Waals surface area contributed by atoms with Gasteiger partial charge in [-0.15, -0.1) is 11.3 Å². The lowest BCUT2D eigenvalue weighted by molar-refractivity contribution is 0.425. The maximum absolute atomic E-state index is 11.7. The summed E-state index contributed by atoms with van der Waals surface area (Å²) in [5, 5.41) is 6.98. The fourth-order valence-corrected chi connectivity index (χ4v) is 2.43. The minimum atomic E-state index is -0.414. The molecule has 3 aromatic heterocycles. The van der Waals surface area contributed by atoms with Crippen LogP contribution in [0.15, 0.2) is 25.9 Å². The third-order valence-electron chi connectivity index (χ3n) is 2.31. The Hall–Kier alpha value is -2.15. The number of hydrogen-bond donors (Lipinski definition) is 1. The number of fused-ring (bicyclic) bond motifs is 1. The summed E-state index contributed by atoms with van der Waals surface area (Å²) >= 11 is 1.44. The van der Waals surface area contributed by atoms with E-state index in [2.05, 4.69) is 15.5 Å². The quantitative estimate of drug-likeness (QED) is 0.765. The number of nitrogens with zero attached hydrogens (tertiary/aromatic N) is 2. The average Bonchev–Trinajstić information content (AvgIpc) is 2.85. The Morgan fingerprint density at radius 2 is 2.17 bits per heavy atom. The molecule has 0 unspecified atom stereocenters. The number of hydrogen-bond acceptors (Lipinski definition) is 7. The molecule has 0 aromatic carbocycles. The Morgan fingerprint density at radius 3 is 2.89 bits per heavy atom. The monoisotopic (exact) mass is 263 g/mol. The molecule has 1 N–H and O–H groups in total. The van der Waals surface area contributed by atoms with Crippen LogP contribution >= 0.6 is 11.3 Å². The average molecular weight is 263 g/mol. The van der Waals surface area contributed by atoms with Gasteiger partial charge in [0.05, 0.1) is 11.1 Å². The molecule has 7 heteroatoms. The van der Waals surface area contributed by atoms with Crippen LogP contribution in [0.3, 0.4) is 0 Å². The van der Waals surface area contributed by atoms with E-state index >= 15 is 0 Å².